The van der Waals surface area contributed by atoms with Crippen LogP contribution >= 0.6 is 15.9 Å². The average molecular weight is 313 g/mol. The topological polar surface area (TPSA) is 27.0 Å². The van der Waals surface area contributed by atoms with Crippen molar-refractivity contribution in [3.63, 3.8) is 0 Å². The Morgan fingerprint density at radius 1 is 1.11 bits per heavy atom. The van der Waals surface area contributed by atoms with Gasteiger partial charge in [0.1, 0.15) is 0 Å². The zero-order valence-electron chi connectivity index (χ0n) is 10.4. The van der Waals surface area contributed by atoms with Gasteiger partial charge in [-0.25, -0.2) is 0 Å². The van der Waals surface area contributed by atoms with Crippen LogP contribution in [0.3, 0.4) is 0 Å². The van der Waals surface area contributed by atoms with E-state index in [0.29, 0.717) is 5.56 Å². The molecule has 2 aromatic carbocycles. The maximum Gasteiger partial charge on any atom is 0.0992 e. The van der Waals surface area contributed by atoms with Gasteiger partial charge in [0.25, 0.3) is 0 Å². The van der Waals surface area contributed by atoms with Crippen LogP contribution in [-0.2, 0) is 13.0 Å². The van der Waals surface area contributed by atoms with E-state index in [1.54, 1.807) is 0 Å². The predicted molar refractivity (Wildman–Crippen MR) is 80.1 cm³/mol. The third kappa shape index (κ3) is 2.36. The molecular weight excluding hydrogens is 300 g/mol. The highest BCUT2D eigenvalue weighted by Crippen LogP contribution is 2.31. The summed E-state index contributed by atoms with van der Waals surface area (Å²) in [5.41, 5.74) is 4.69. The van der Waals surface area contributed by atoms with Crippen molar-refractivity contribution in [1.82, 2.24) is 0 Å². The van der Waals surface area contributed by atoms with Crippen molar-refractivity contribution in [3.05, 3.63) is 63.6 Å². The minimum atomic E-state index is 0.688. The molecule has 0 bridgehead atoms. The highest BCUT2D eigenvalue weighted by molar-refractivity contribution is 9.10. The normalized spacial score (nSPS) is 13.8. The lowest BCUT2D eigenvalue weighted by Crippen LogP contribution is -2.30. The Balaban J connectivity index is 1.91. The fourth-order valence-corrected chi connectivity index (χ4v) is 3.16. The number of halogens is 1. The van der Waals surface area contributed by atoms with E-state index in [1.165, 1.54) is 11.1 Å². The van der Waals surface area contributed by atoms with Gasteiger partial charge in [0.05, 0.1) is 17.3 Å². The minimum Gasteiger partial charge on any atom is -0.366 e. The van der Waals surface area contributed by atoms with E-state index in [1.807, 2.05) is 18.2 Å². The van der Waals surface area contributed by atoms with Crippen molar-refractivity contribution in [1.29, 1.82) is 5.26 Å². The Morgan fingerprint density at radius 2 is 1.89 bits per heavy atom. The van der Waals surface area contributed by atoms with Crippen LogP contribution in [0.5, 0.6) is 0 Å². The Morgan fingerprint density at radius 3 is 2.63 bits per heavy atom. The van der Waals surface area contributed by atoms with Crippen LogP contribution in [0.2, 0.25) is 0 Å². The molecule has 0 saturated carbocycles. The fourth-order valence-electron chi connectivity index (χ4n) is 2.53. The minimum absolute atomic E-state index is 0.688. The van der Waals surface area contributed by atoms with Gasteiger partial charge in [0.15, 0.2) is 0 Å². The molecule has 0 N–H and O–H groups in total. The lowest BCUT2D eigenvalue weighted by Gasteiger charge is -2.31. The number of anilines is 1. The van der Waals surface area contributed by atoms with Gasteiger partial charge in [0, 0.05) is 17.6 Å². The quantitative estimate of drug-likeness (QED) is 0.799. The first-order valence-electron chi connectivity index (χ1n) is 6.29. The molecule has 2 aromatic rings. The van der Waals surface area contributed by atoms with Gasteiger partial charge >= 0.3 is 0 Å². The van der Waals surface area contributed by atoms with Crippen molar-refractivity contribution in [2.45, 2.75) is 13.0 Å². The molecule has 19 heavy (non-hydrogen) atoms. The number of nitrogens with zero attached hydrogens (tertiary/aromatic N) is 2. The summed E-state index contributed by atoms with van der Waals surface area (Å²) in [4.78, 5) is 2.35. The van der Waals surface area contributed by atoms with Crippen LogP contribution in [0.15, 0.2) is 46.9 Å². The zero-order chi connectivity index (χ0) is 13.2. The van der Waals surface area contributed by atoms with Crippen LogP contribution in [-0.4, -0.2) is 6.54 Å². The van der Waals surface area contributed by atoms with E-state index >= 15 is 0 Å². The first-order chi connectivity index (χ1) is 9.28. The first kappa shape index (κ1) is 12.3. The summed E-state index contributed by atoms with van der Waals surface area (Å²) in [6.07, 6.45) is 1.07. The number of hydrogen-bond acceptors (Lipinski definition) is 2. The third-order valence-corrected chi connectivity index (χ3v) is 4.18. The van der Waals surface area contributed by atoms with Crippen LogP contribution in [0.4, 0.5) is 5.69 Å². The molecule has 94 valence electrons. The van der Waals surface area contributed by atoms with Gasteiger partial charge < -0.3 is 4.90 Å². The maximum absolute atomic E-state index is 8.91. The molecule has 0 aliphatic carbocycles. The average Bonchev–Trinajstić information content (AvgIpc) is 2.46. The summed E-state index contributed by atoms with van der Waals surface area (Å²) in [6.45, 7) is 1.95. The summed E-state index contributed by atoms with van der Waals surface area (Å²) in [6, 6.07) is 16.5. The van der Waals surface area contributed by atoms with Crippen molar-refractivity contribution >= 4 is 21.6 Å². The van der Waals surface area contributed by atoms with Gasteiger partial charge in [-0.15, -0.1) is 0 Å². The van der Waals surface area contributed by atoms with E-state index in [4.69, 9.17) is 5.26 Å². The second-order valence-electron chi connectivity index (χ2n) is 4.72. The standard InChI is InChI=1S/C16H13BrN2/c17-15-9-12(10-18)5-6-16(15)19-8-7-13-3-1-2-4-14(13)11-19/h1-6,9H,7-8,11H2. The van der Waals surface area contributed by atoms with Crippen LogP contribution in [0.1, 0.15) is 16.7 Å². The molecule has 0 spiro atoms. The number of hydrogen-bond donors (Lipinski definition) is 0. The zero-order valence-corrected chi connectivity index (χ0v) is 12.0. The molecule has 1 heterocycles. The van der Waals surface area contributed by atoms with Crippen LogP contribution in [0.25, 0.3) is 0 Å². The second kappa shape index (κ2) is 5.07. The molecule has 1 aliphatic heterocycles. The summed E-state index contributed by atoms with van der Waals surface area (Å²) in [5, 5.41) is 8.91. The largest absolute Gasteiger partial charge is 0.366 e. The van der Waals surface area contributed by atoms with Crippen molar-refractivity contribution in [2.75, 3.05) is 11.4 Å². The summed E-state index contributed by atoms with van der Waals surface area (Å²) >= 11 is 3.57. The molecule has 1 aliphatic rings. The summed E-state index contributed by atoms with van der Waals surface area (Å²) < 4.78 is 0.992. The highest BCUT2D eigenvalue weighted by atomic mass is 79.9. The van der Waals surface area contributed by atoms with Crippen molar-refractivity contribution in [2.24, 2.45) is 0 Å². The molecular formula is C16H13BrN2. The van der Waals surface area contributed by atoms with Crippen molar-refractivity contribution < 1.29 is 0 Å². The van der Waals surface area contributed by atoms with Gasteiger partial charge in [-0.1, -0.05) is 24.3 Å². The highest BCUT2D eigenvalue weighted by Gasteiger charge is 2.17. The summed E-state index contributed by atoms with van der Waals surface area (Å²) in [7, 11) is 0. The van der Waals surface area contributed by atoms with Crippen LogP contribution < -0.4 is 4.90 Å². The van der Waals surface area contributed by atoms with Gasteiger partial charge in [0.2, 0.25) is 0 Å². The first-order valence-corrected chi connectivity index (χ1v) is 7.08. The third-order valence-electron chi connectivity index (χ3n) is 3.55. The molecule has 2 nitrogen and oxygen atoms in total. The van der Waals surface area contributed by atoms with Gasteiger partial charge in [-0.05, 0) is 51.7 Å². The molecule has 0 aromatic heterocycles. The van der Waals surface area contributed by atoms with E-state index < -0.39 is 0 Å². The number of nitriles is 1. The van der Waals surface area contributed by atoms with E-state index in [9.17, 15) is 0 Å². The Kier molecular flexibility index (Phi) is 3.27. The SMILES string of the molecule is N#Cc1ccc(N2CCc3ccccc3C2)c(Br)c1. The van der Waals surface area contributed by atoms with E-state index in [2.05, 4.69) is 51.2 Å². The lowest BCUT2D eigenvalue weighted by atomic mass is 9.99. The summed E-state index contributed by atoms with van der Waals surface area (Å²) in [5.74, 6) is 0. The molecule has 0 saturated heterocycles. The van der Waals surface area contributed by atoms with Crippen LogP contribution in [0, 0.1) is 11.3 Å². The lowest BCUT2D eigenvalue weighted by molar-refractivity contribution is 0.730. The fraction of sp³-hybridized carbons (Fsp3) is 0.188. The number of rotatable bonds is 1. The molecule has 3 rings (SSSR count). The second-order valence-corrected chi connectivity index (χ2v) is 5.57. The monoisotopic (exact) mass is 312 g/mol. The predicted octanol–water partition coefficient (Wildman–Crippen LogP) is 3.88. The molecule has 0 unspecified atom stereocenters. The maximum atomic E-state index is 8.91. The van der Waals surface area contributed by atoms with Crippen molar-refractivity contribution in [3.8, 4) is 6.07 Å². The number of benzene rings is 2. The Bertz CT molecular complexity index is 658. The molecule has 0 atom stereocenters. The molecule has 0 radical (unpaired) electrons. The molecule has 0 amide bonds. The van der Waals surface area contributed by atoms with E-state index in [-0.39, 0.29) is 0 Å². The Hall–Kier alpha value is -1.79. The Labute approximate surface area is 121 Å². The van der Waals surface area contributed by atoms with E-state index in [0.717, 1.165) is 29.7 Å². The van der Waals surface area contributed by atoms with Gasteiger partial charge in [-0.2, -0.15) is 5.26 Å². The number of fused-ring (bicyclic) bond motifs is 1. The molecule has 0 fully saturated rings. The smallest absolute Gasteiger partial charge is 0.0992 e. The molecule has 3 heteroatoms. The van der Waals surface area contributed by atoms with Gasteiger partial charge in [-0.3, -0.25) is 0 Å².